The Morgan fingerprint density at radius 2 is 1.95 bits per heavy atom. The van der Waals surface area contributed by atoms with Crippen LogP contribution >= 0.6 is 11.6 Å². The van der Waals surface area contributed by atoms with Crippen molar-refractivity contribution >= 4 is 29.1 Å². The molecule has 1 aromatic carbocycles. The molecule has 1 aromatic rings. The van der Waals surface area contributed by atoms with E-state index in [4.69, 9.17) is 11.6 Å². The topological polar surface area (TPSA) is 58.2 Å². The van der Waals surface area contributed by atoms with Crippen LogP contribution in [-0.2, 0) is 9.59 Å². The molecule has 1 rings (SSSR count). The van der Waals surface area contributed by atoms with Crippen molar-refractivity contribution in [1.82, 2.24) is 5.32 Å². The molecule has 4 nitrogen and oxygen atoms in total. The molecule has 0 atom stereocenters. The highest BCUT2D eigenvalue weighted by Crippen LogP contribution is 2.19. The van der Waals surface area contributed by atoms with Gasteiger partial charge in [-0.05, 0) is 24.6 Å². The minimum Gasteiger partial charge on any atom is -0.356 e. The zero-order valence-corrected chi connectivity index (χ0v) is 13.2. The van der Waals surface area contributed by atoms with E-state index >= 15 is 0 Å². The Morgan fingerprint density at radius 1 is 1.29 bits per heavy atom. The van der Waals surface area contributed by atoms with Gasteiger partial charge in [0.2, 0.25) is 11.8 Å². The third kappa shape index (κ3) is 6.12. The van der Waals surface area contributed by atoms with E-state index in [0.717, 1.165) is 6.07 Å². The number of halogens is 2. The second-order valence-corrected chi connectivity index (χ2v) is 6.22. The molecule has 0 aliphatic rings. The zero-order chi connectivity index (χ0) is 16.0. The monoisotopic (exact) mass is 314 g/mol. The lowest BCUT2D eigenvalue weighted by Crippen LogP contribution is -2.35. The first-order valence-electron chi connectivity index (χ1n) is 6.73. The van der Waals surface area contributed by atoms with E-state index in [1.54, 1.807) is 0 Å². The van der Waals surface area contributed by atoms with Gasteiger partial charge in [-0.25, -0.2) is 4.39 Å². The summed E-state index contributed by atoms with van der Waals surface area (Å²) < 4.78 is 13.5. The standard InChI is InChI=1S/C15H20ClFN2O2/c1-15(2,3)14(21)18-8-4-5-13(20)19-12-7-6-10(16)9-11(12)17/h6-7,9H,4-5,8H2,1-3H3,(H,18,21)(H,19,20). The van der Waals surface area contributed by atoms with Gasteiger partial charge in [-0.2, -0.15) is 0 Å². The van der Waals surface area contributed by atoms with E-state index in [9.17, 15) is 14.0 Å². The van der Waals surface area contributed by atoms with Crippen molar-refractivity contribution < 1.29 is 14.0 Å². The van der Waals surface area contributed by atoms with Crippen molar-refractivity contribution in [1.29, 1.82) is 0 Å². The number of amides is 2. The molecule has 6 heteroatoms. The summed E-state index contributed by atoms with van der Waals surface area (Å²) in [6.07, 6.45) is 0.690. The molecule has 0 heterocycles. The van der Waals surface area contributed by atoms with Crippen LogP contribution in [0.3, 0.4) is 0 Å². The molecule has 0 aliphatic heterocycles. The van der Waals surface area contributed by atoms with Gasteiger partial charge in [0.1, 0.15) is 5.82 Å². The van der Waals surface area contributed by atoms with Gasteiger partial charge in [0.05, 0.1) is 5.69 Å². The van der Waals surface area contributed by atoms with Crippen molar-refractivity contribution in [2.45, 2.75) is 33.6 Å². The summed E-state index contributed by atoms with van der Waals surface area (Å²) in [7, 11) is 0. The average Bonchev–Trinajstić information content (AvgIpc) is 2.36. The van der Waals surface area contributed by atoms with Gasteiger partial charge < -0.3 is 10.6 Å². The van der Waals surface area contributed by atoms with Gasteiger partial charge in [0.15, 0.2) is 0 Å². The molecule has 0 saturated heterocycles. The van der Waals surface area contributed by atoms with E-state index < -0.39 is 11.2 Å². The fourth-order valence-corrected chi connectivity index (χ4v) is 1.68. The van der Waals surface area contributed by atoms with Gasteiger partial charge in [-0.15, -0.1) is 0 Å². The maximum absolute atomic E-state index is 13.5. The number of nitrogens with one attached hydrogen (secondary N) is 2. The quantitative estimate of drug-likeness (QED) is 0.819. The highest BCUT2D eigenvalue weighted by molar-refractivity contribution is 6.30. The van der Waals surface area contributed by atoms with E-state index in [1.165, 1.54) is 12.1 Å². The maximum atomic E-state index is 13.5. The summed E-state index contributed by atoms with van der Waals surface area (Å²) in [5, 5.41) is 5.49. The molecular weight excluding hydrogens is 295 g/mol. The van der Waals surface area contributed by atoms with Gasteiger partial charge in [0, 0.05) is 23.4 Å². The Balaban J connectivity index is 2.33. The second-order valence-electron chi connectivity index (χ2n) is 5.78. The van der Waals surface area contributed by atoms with Crippen LogP contribution in [0.2, 0.25) is 5.02 Å². The molecule has 2 amide bonds. The molecule has 0 spiro atoms. The number of carbonyl (C=O) groups is 2. The Labute approximate surface area is 129 Å². The minimum absolute atomic E-state index is 0.0633. The number of anilines is 1. The molecule has 0 bridgehead atoms. The number of rotatable bonds is 5. The van der Waals surface area contributed by atoms with Crippen molar-refractivity contribution in [3.63, 3.8) is 0 Å². The number of hydrogen-bond donors (Lipinski definition) is 2. The fraction of sp³-hybridized carbons (Fsp3) is 0.467. The Bertz CT molecular complexity index is 527. The molecule has 2 N–H and O–H groups in total. The number of benzene rings is 1. The van der Waals surface area contributed by atoms with Crippen LogP contribution in [0.15, 0.2) is 18.2 Å². The third-order valence-corrected chi connectivity index (χ3v) is 2.99. The Hall–Kier alpha value is -1.62. The largest absolute Gasteiger partial charge is 0.356 e. The lowest BCUT2D eigenvalue weighted by molar-refractivity contribution is -0.128. The highest BCUT2D eigenvalue weighted by atomic mass is 35.5. The molecule has 0 aromatic heterocycles. The first-order valence-corrected chi connectivity index (χ1v) is 7.11. The van der Waals surface area contributed by atoms with Crippen LogP contribution in [0.4, 0.5) is 10.1 Å². The van der Waals surface area contributed by atoms with E-state index in [1.807, 2.05) is 20.8 Å². The smallest absolute Gasteiger partial charge is 0.225 e. The number of hydrogen-bond acceptors (Lipinski definition) is 2. The molecule has 0 fully saturated rings. The zero-order valence-electron chi connectivity index (χ0n) is 12.4. The summed E-state index contributed by atoms with van der Waals surface area (Å²) in [4.78, 5) is 23.3. The molecule has 21 heavy (non-hydrogen) atoms. The molecule has 0 unspecified atom stereocenters. The van der Waals surface area contributed by atoms with Crippen LogP contribution in [-0.4, -0.2) is 18.4 Å². The van der Waals surface area contributed by atoms with Crippen LogP contribution < -0.4 is 10.6 Å². The lowest BCUT2D eigenvalue weighted by Gasteiger charge is -2.17. The second kappa shape index (κ2) is 7.41. The Kier molecular flexibility index (Phi) is 6.15. The van der Waals surface area contributed by atoms with Gasteiger partial charge in [-0.3, -0.25) is 9.59 Å². The predicted molar refractivity (Wildman–Crippen MR) is 81.7 cm³/mol. The van der Waals surface area contributed by atoms with E-state index in [0.29, 0.717) is 13.0 Å². The Morgan fingerprint density at radius 3 is 2.52 bits per heavy atom. The van der Waals surface area contributed by atoms with Crippen LogP contribution in [0.25, 0.3) is 0 Å². The molecule has 0 radical (unpaired) electrons. The molecule has 116 valence electrons. The van der Waals surface area contributed by atoms with Gasteiger partial charge >= 0.3 is 0 Å². The first-order chi connectivity index (χ1) is 9.70. The molecular formula is C15H20ClFN2O2. The summed E-state index contributed by atoms with van der Waals surface area (Å²) in [5.41, 5.74) is -0.350. The number of carbonyl (C=O) groups excluding carboxylic acids is 2. The average molecular weight is 315 g/mol. The van der Waals surface area contributed by atoms with E-state index in [-0.39, 0.29) is 28.9 Å². The predicted octanol–water partition coefficient (Wildman–Crippen LogP) is 3.36. The first kappa shape index (κ1) is 17.4. The van der Waals surface area contributed by atoms with Gasteiger partial charge in [0.25, 0.3) is 0 Å². The summed E-state index contributed by atoms with van der Waals surface area (Å²) in [6, 6.07) is 4.06. The SMILES string of the molecule is CC(C)(C)C(=O)NCCCC(=O)Nc1ccc(Cl)cc1F. The lowest BCUT2D eigenvalue weighted by atomic mass is 9.96. The van der Waals surface area contributed by atoms with Crippen molar-refractivity contribution in [2.24, 2.45) is 5.41 Å². The van der Waals surface area contributed by atoms with Crippen molar-refractivity contribution in [3.8, 4) is 0 Å². The summed E-state index contributed by atoms with van der Waals surface area (Å²) >= 11 is 5.63. The minimum atomic E-state index is -0.572. The van der Waals surface area contributed by atoms with Crippen molar-refractivity contribution in [3.05, 3.63) is 29.0 Å². The van der Waals surface area contributed by atoms with Gasteiger partial charge in [-0.1, -0.05) is 32.4 Å². The summed E-state index contributed by atoms with van der Waals surface area (Å²) in [6.45, 7) is 5.86. The van der Waals surface area contributed by atoms with Crippen LogP contribution in [0.1, 0.15) is 33.6 Å². The van der Waals surface area contributed by atoms with E-state index in [2.05, 4.69) is 10.6 Å². The third-order valence-electron chi connectivity index (χ3n) is 2.75. The van der Waals surface area contributed by atoms with Crippen molar-refractivity contribution in [2.75, 3.05) is 11.9 Å². The molecule has 0 aliphatic carbocycles. The fourth-order valence-electron chi connectivity index (χ4n) is 1.52. The molecule has 0 saturated carbocycles. The normalized spacial score (nSPS) is 11.1. The summed E-state index contributed by atoms with van der Waals surface area (Å²) in [5.74, 6) is -0.940. The van der Waals surface area contributed by atoms with Crippen LogP contribution in [0.5, 0.6) is 0 Å². The van der Waals surface area contributed by atoms with Crippen LogP contribution in [0, 0.1) is 11.2 Å². The maximum Gasteiger partial charge on any atom is 0.225 e. The highest BCUT2D eigenvalue weighted by Gasteiger charge is 2.20.